The monoisotopic (exact) mass is 436 g/mol. The van der Waals surface area contributed by atoms with Crippen LogP contribution in [0.4, 0.5) is 0 Å². The molecule has 0 amide bonds. The van der Waals surface area contributed by atoms with Crippen LogP contribution in [0.5, 0.6) is 5.75 Å². The molecular weight excluding hydrogens is 400 g/mol. The molecule has 3 aromatic rings. The molecule has 31 heavy (non-hydrogen) atoms. The molecule has 2 aromatic carbocycles. The lowest BCUT2D eigenvalue weighted by Crippen LogP contribution is -2.22. The minimum absolute atomic E-state index is 0.0410. The van der Waals surface area contributed by atoms with Gasteiger partial charge in [-0.2, -0.15) is 0 Å². The fraction of sp³-hybridized carbons (Fsp3) is 0.423. The number of benzene rings is 2. The van der Waals surface area contributed by atoms with Gasteiger partial charge in [0.05, 0.1) is 18.2 Å². The second-order valence-corrected chi connectivity index (χ2v) is 16.0. The Morgan fingerprint density at radius 2 is 1.74 bits per heavy atom. The summed E-state index contributed by atoms with van der Waals surface area (Å²) >= 11 is 0. The van der Waals surface area contributed by atoms with Crippen molar-refractivity contribution in [2.24, 2.45) is 0 Å². The standard InChI is InChI=1S/C26H36N2O2Si/c1-26(2,3)23-16-22(12-13-25(23)30-18-21-10-8-7-9-11-21)24-17-27-19-28(24)20-29-14-15-31(4,5)6/h7-13,16-17,19H,14-15,18,20H2,1-6H3. The van der Waals surface area contributed by atoms with Crippen molar-refractivity contribution in [3.63, 3.8) is 0 Å². The Labute approximate surface area is 188 Å². The van der Waals surface area contributed by atoms with Gasteiger partial charge in [-0.25, -0.2) is 4.98 Å². The van der Waals surface area contributed by atoms with E-state index in [0.717, 1.165) is 23.6 Å². The molecule has 0 radical (unpaired) electrons. The molecule has 5 heteroatoms. The van der Waals surface area contributed by atoms with E-state index in [4.69, 9.17) is 9.47 Å². The van der Waals surface area contributed by atoms with E-state index in [2.05, 4.69) is 80.3 Å². The highest BCUT2D eigenvalue weighted by Gasteiger charge is 2.21. The second kappa shape index (κ2) is 9.84. The summed E-state index contributed by atoms with van der Waals surface area (Å²) in [6.45, 7) is 15.7. The van der Waals surface area contributed by atoms with E-state index < -0.39 is 8.07 Å². The summed E-state index contributed by atoms with van der Waals surface area (Å²) in [6.07, 6.45) is 3.76. The molecule has 0 spiro atoms. The van der Waals surface area contributed by atoms with Crippen molar-refractivity contribution >= 4 is 8.07 Å². The Morgan fingerprint density at radius 3 is 2.42 bits per heavy atom. The van der Waals surface area contributed by atoms with Crippen LogP contribution >= 0.6 is 0 Å². The van der Waals surface area contributed by atoms with Crippen molar-refractivity contribution in [3.05, 3.63) is 72.2 Å². The largest absolute Gasteiger partial charge is 0.489 e. The summed E-state index contributed by atoms with van der Waals surface area (Å²) in [4.78, 5) is 4.38. The highest BCUT2D eigenvalue weighted by atomic mass is 28.3. The van der Waals surface area contributed by atoms with Crippen molar-refractivity contribution in [1.29, 1.82) is 0 Å². The fourth-order valence-corrected chi connectivity index (χ4v) is 4.10. The Kier molecular flexibility index (Phi) is 7.39. The maximum absolute atomic E-state index is 6.22. The van der Waals surface area contributed by atoms with Crippen LogP contribution < -0.4 is 4.74 Å². The Balaban J connectivity index is 1.78. The first-order valence-electron chi connectivity index (χ1n) is 11.0. The molecule has 0 atom stereocenters. The van der Waals surface area contributed by atoms with Gasteiger partial charge in [-0.05, 0) is 35.2 Å². The molecule has 1 aromatic heterocycles. The number of nitrogens with zero attached hydrogens (tertiary/aromatic N) is 2. The zero-order valence-corrected chi connectivity index (χ0v) is 20.8. The van der Waals surface area contributed by atoms with Crippen molar-refractivity contribution in [2.75, 3.05) is 6.61 Å². The first-order valence-corrected chi connectivity index (χ1v) is 14.7. The van der Waals surface area contributed by atoms with Crippen LogP contribution in [0.1, 0.15) is 31.9 Å². The van der Waals surface area contributed by atoms with Gasteiger partial charge in [-0.1, -0.05) is 70.7 Å². The molecule has 0 saturated carbocycles. The van der Waals surface area contributed by atoms with Crippen LogP contribution in [-0.4, -0.2) is 24.2 Å². The van der Waals surface area contributed by atoms with E-state index in [1.807, 2.05) is 30.7 Å². The van der Waals surface area contributed by atoms with Gasteiger partial charge in [0.1, 0.15) is 19.1 Å². The number of aromatic nitrogens is 2. The van der Waals surface area contributed by atoms with Gasteiger partial charge >= 0.3 is 0 Å². The minimum atomic E-state index is -1.09. The van der Waals surface area contributed by atoms with Crippen LogP contribution in [0.2, 0.25) is 25.7 Å². The lowest BCUT2D eigenvalue weighted by atomic mass is 9.85. The van der Waals surface area contributed by atoms with Gasteiger partial charge in [0.2, 0.25) is 0 Å². The summed E-state index contributed by atoms with van der Waals surface area (Å²) < 4.78 is 14.3. The number of imidazole rings is 1. The van der Waals surface area contributed by atoms with E-state index in [0.29, 0.717) is 13.3 Å². The van der Waals surface area contributed by atoms with Crippen molar-refractivity contribution in [2.45, 2.75) is 65.2 Å². The predicted molar refractivity (Wildman–Crippen MR) is 131 cm³/mol. The molecule has 1 heterocycles. The van der Waals surface area contributed by atoms with Gasteiger partial charge in [-0.3, -0.25) is 0 Å². The van der Waals surface area contributed by atoms with Crippen molar-refractivity contribution < 1.29 is 9.47 Å². The Bertz CT molecular complexity index is 969. The third kappa shape index (κ3) is 6.81. The average Bonchev–Trinajstić information content (AvgIpc) is 3.17. The van der Waals surface area contributed by atoms with E-state index >= 15 is 0 Å². The molecule has 0 bridgehead atoms. The summed E-state index contributed by atoms with van der Waals surface area (Å²) in [5.74, 6) is 0.928. The average molecular weight is 437 g/mol. The van der Waals surface area contributed by atoms with Crippen molar-refractivity contribution in [1.82, 2.24) is 9.55 Å². The zero-order valence-electron chi connectivity index (χ0n) is 19.8. The van der Waals surface area contributed by atoms with Gasteiger partial charge in [0.25, 0.3) is 0 Å². The van der Waals surface area contributed by atoms with E-state index in [1.165, 1.54) is 17.2 Å². The molecule has 0 unspecified atom stereocenters. The topological polar surface area (TPSA) is 36.3 Å². The molecule has 0 aliphatic carbocycles. The van der Waals surface area contributed by atoms with Gasteiger partial charge in [0.15, 0.2) is 0 Å². The van der Waals surface area contributed by atoms with E-state index in [-0.39, 0.29) is 5.41 Å². The molecule has 0 saturated heterocycles. The highest BCUT2D eigenvalue weighted by Crippen LogP contribution is 2.35. The van der Waals surface area contributed by atoms with E-state index in [1.54, 1.807) is 0 Å². The Hall–Kier alpha value is -2.37. The van der Waals surface area contributed by atoms with Gasteiger partial charge in [-0.15, -0.1) is 0 Å². The summed E-state index contributed by atoms with van der Waals surface area (Å²) in [7, 11) is -1.09. The van der Waals surface area contributed by atoms with Crippen LogP contribution in [0.25, 0.3) is 11.3 Å². The van der Waals surface area contributed by atoms with E-state index in [9.17, 15) is 0 Å². The molecule has 0 fully saturated rings. The van der Waals surface area contributed by atoms with Crippen LogP contribution in [-0.2, 0) is 23.5 Å². The minimum Gasteiger partial charge on any atom is -0.489 e. The third-order valence-corrected chi connectivity index (χ3v) is 6.96. The Morgan fingerprint density at radius 1 is 1.00 bits per heavy atom. The molecule has 166 valence electrons. The second-order valence-electron chi connectivity index (χ2n) is 10.3. The quantitative estimate of drug-likeness (QED) is 0.275. The van der Waals surface area contributed by atoms with Crippen molar-refractivity contribution in [3.8, 4) is 17.0 Å². The predicted octanol–water partition coefficient (Wildman–Crippen LogP) is 6.74. The number of ether oxygens (including phenoxy) is 2. The smallest absolute Gasteiger partial charge is 0.124 e. The summed E-state index contributed by atoms with van der Waals surface area (Å²) in [6, 6.07) is 17.9. The van der Waals surface area contributed by atoms with Crippen LogP contribution in [0.15, 0.2) is 61.1 Å². The molecule has 4 nitrogen and oxygen atoms in total. The van der Waals surface area contributed by atoms with Gasteiger partial charge < -0.3 is 14.0 Å². The first kappa shape index (κ1) is 23.3. The fourth-order valence-electron chi connectivity index (χ4n) is 3.34. The first-order chi connectivity index (χ1) is 14.6. The number of rotatable bonds is 9. The maximum atomic E-state index is 6.22. The SMILES string of the molecule is CC(C)(C)c1cc(-c2cncn2COCC[Si](C)(C)C)ccc1OCc1ccccc1. The zero-order chi connectivity index (χ0) is 22.5. The molecule has 0 N–H and O–H groups in total. The number of hydrogen-bond donors (Lipinski definition) is 0. The molecule has 3 rings (SSSR count). The number of hydrogen-bond acceptors (Lipinski definition) is 3. The molecular formula is C26H36N2O2Si. The molecule has 0 aliphatic heterocycles. The third-order valence-electron chi connectivity index (χ3n) is 5.26. The lowest BCUT2D eigenvalue weighted by Gasteiger charge is -2.24. The van der Waals surface area contributed by atoms with Crippen LogP contribution in [0, 0.1) is 0 Å². The lowest BCUT2D eigenvalue weighted by molar-refractivity contribution is 0.0882. The normalized spacial score (nSPS) is 12.2. The molecule has 0 aliphatic rings. The highest BCUT2D eigenvalue weighted by molar-refractivity contribution is 6.76. The van der Waals surface area contributed by atoms with Crippen LogP contribution in [0.3, 0.4) is 0 Å². The summed E-state index contributed by atoms with van der Waals surface area (Å²) in [5, 5.41) is 0. The summed E-state index contributed by atoms with van der Waals surface area (Å²) in [5.41, 5.74) is 4.51. The maximum Gasteiger partial charge on any atom is 0.124 e. The van der Waals surface area contributed by atoms with Gasteiger partial charge in [0, 0.05) is 25.8 Å².